The number of hydrogen-bond acceptors (Lipinski definition) is 2. The zero-order valence-corrected chi connectivity index (χ0v) is 10.0. The van der Waals surface area contributed by atoms with E-state index in [1.54, 1.807) is 0 Å². The molecule has 1 aromatic heterocycles. The minimum Gasteiger partial charge on any atom is -0.459 e. The fourth-order valence-electron chi connectivity index (χ4n) is 1.93. The maximum absolute atomic E-state index is 5.87. The Morgan fingerprint density at radius 2 is 2.12 bits per heavy atom. The number of furan rings is 1. The van der Waals surface area contributed by atoms with Crippen molar-refractivity contribution in [2.75, 3.05) is 6.54 Å². The van der Waals surface area contributed by atoms with Gasteiger partial charge >= 0.3 is 0 Å². The lowest BCUT2D eigenvalue weighted by atomic mass is 10.1. The van der Waals surface area contributed by atoms with Crippen LogP contribution in [0.5, 0.6) is 0 Å². The van der Waals surface area contributed by atoms with Crippen molar-refractivity contribution in [1.29, 1.82) is 0 Å². The fraction of sp³-hybridized carbons (Fsp3) is 0.429. The molecule has 0 atom stereocenters. The molecule has 0 saturated carbocycles. The minimum absolute atomic E-state index is 0.825. The van der Waals surface area contributed by atoms with Gasteiger partial charge in [-0.05, 0) is 31.0 Å². The van der Waals surface area contributed by atoms with Gasteiger partial charge in [-0.2, -0.15) is 0 Å². The zero-order valence-electron chi connectivity index (χ0n) is 10.0. The molecule has 2 nitrogen and oxygen atoms in total. The monoisotopic (exact) mass is 217 g/mol. The van der Waals surface area contributed by atoms with E-state index in [2.05, 4.69) is 43.4 Å². The van der Waals surface area contributed by atoms with E-state index >= 15 is 0 Å². The molecule has 0 amide bonds. The van der Waals surface area contributed by atoms with Gasteiger partial charge < -0.3 is 9.73 Å². The molecular formula is C14H19NO. The Kier molecular flexibility index (Phi) is 3.62. The molecule has 1 N–H and O–H groups in total. The lowest BCUT2D eigenvalue weighted by molar-refractivity contribution is 0.511. The summed E-state index contributed by atoms with van der Waals surface area (Å²) < 4.78 is 5.87. The van der Waals surface area contributed by atoms with Crippen molar-refractivity contribution < 1.29 is 4.42 Å². The minimum atomic E-state index is 0.825. The molecule has 2 aromatic rings. The molecule has 0 unspecified atom stereocenters. The quantitative estimate of drug-likeness (QED) is 0.775. The summed E-state index contributed by atoms with van der Waals surface area (Å²) in [4.78, 5) is 0. The Morgan fingerprint density at radius 1 is 1.25 bits per heavy atom. The highest BCUT2D eigenvalue weighted by atomic mass is 16.3. The van der Waals surface area contributed by atoms with Crippen LogP contribution in [-0.2, 0) is 13.0 Å². The smallest absolute Gasteiger partial charge is 0.137 e. The summed E-state index contributed by atoms with van der Waals surface area (Å²) in [5.41, 5.74) is 2.34. The van der Waals surface area contributed by atoms with Crippen molar-refractivity contribution in [3.05, 3.63) is 35.6 Å². The molecule has 0 saturated heterocycles. The topological polar surface area (TPSA) is 25.2 Å². The normalized spacial score (nSPS) is 11.1. The number of hydrogen-bond donors (Lipinski definition) is 1. The van der Waals surface area contributed by atoms with E-state index in [1.165, 1.54) is 10.9 Å². The Balaban J connectivity index is 2.22. The van der Waals surface area contributed by atoms with E-state index in [0.717, 1.165) is 37.3 Å². The SMILES string of the molecule is CCCNCc1cc2cccc(CC)c2o1. The molecule has 0 aliphatic rings. The van der Waals surface area contributed by atoms with Gasteiger partial charge in [0.25, 0.3) is 0 Å². The molecule has 2 rings (SSSR count). The number of nitrogens with one attached hydrogen (secondary N) is 1. The van der Waals surface area contributed by atoms with Gasteiger partial charge in [-0.25, -0.2) is 0 Å². The third kappa shape index (κ3) is 2.27. The van der Waals surface area contributed by atoms with Crippen molar-refractivity contribution >= 4 is 11.0 Å². The predicted octanol–water partition coefficient (Wildman–Crippen LogP) is 3.49. The average Bonchev–Trinajstić information content (AvgIpc) is 2.71. The van der Waals surface area contributed by atoms with Gasteiger partial charge in [-0.3, -0.25) is 0 Å². The maximum Gasteiger partial charge on any atom is 0.137 e. The number of benzene rings is 1. The number of aryl methyl sites for hydroxylation is 1. The molecule has 0 radical (unpaired) electrons. The van der Waals surface area contributed by atoms with Gasteiger partial charge in [-0.1, -0.05) is 32.0 Å². The largest absolute Gasteiger partial charge is 0.459 e. The second-order valence-electron chi connectivity index (χ2n) is 4.08. The maximum atomic E-state index is 5.87. The standard InChI is InChI=1S/C14H19NO/c1-3-8-15-10-13-9-12-7-5-6-11(4-2)14(12)16-13/h5-7,9,15H,3-4,8,10H2,1-2H3. The summed E-state index contributed by atoms with van der Waals surface area (Å²) in [6.45, 7) is 6.19. The number of para-hydroxylation sites is 1. The Hall–Kier alpha value is -1.28. The van der Waals surface area contributed by atoms with Crippen LogP contribution in [0.3, 0.4) is 0 Å². The molecule has 0 fully saturated rings. The average molecular weight is 217 g/mol. The lowest BCUT2D eigenvalue weighted by Gasteiger charge is -1.99. The molecule has 1 aromatic carbocycles. The fourth-order valence-corrected chi connectivity index (χ4v) is 1.93. The van der Waals surface area contributed by atoms with Crippen LogP contribution >= 0.6 is 0 Å². The van der Waals surface area contributed by atoms with E-state index < -0.39 is 0 Å². The van der Waals surface area contributed by atoms with Crippen LogP contribution in [0.4, 0.5) is 0 Å². The first-order valence-corrected chi connectivity index (χ1v) is 6.06. The molecule has 2 heteroatoms. The van der Waals surface area contributed by atoms with Crippen LogP contribution in [0.15, 0.2) is 28.7 Å². The highest BCUT2D eigenvalue weighted by molar-refractivity contribution is 5.81. The summed E-state index contributed by atoms with van der Waals surface area (Å²) in [5, 5.41) is 4.57. The lowest BCUT2D eigenvalue weighted by Crippen LogP contribution is -2.12. The molecule has 0 bridgehead atoms. The van der Waals surface area contributed by atoms with Crippen molar-refractivity contribution in [3.8, 4) is 0 Å². The van der Waals surface area contributed by atoms with E-state index in [9.17, 15) is 0 Å². The van der Waals surface area contributed by atoms with E-state index in [1.807, 2.05) is 0 Å². The van der Waals surface area contributed by atoms with Crippen molar-refractivity contribution in [1.82, 2.24) is 5.32 Å². The predicted molar refractivity (Wildman–Crippen MR) is 67.6 cm³/mol. The van der Waals surface area contributed by atoms with Gasteiger partial charge in [0.2, 0.25) is 0 Å². The number of rotatable bonds is 5. The van der Waals surface area contributed by atoms with Crippen LogP contribution in [0.2, 0.25) is 0 Å². The summed E-state index contributed by atoms with van der Waals surface area (Å²) >= 11 is 0. The van der Waals surface area contributed by atoms with E-state index in [-0.39, 0.29) is 0 Å². The molecular weight excluding hydrogens is 198 g/mol. The van der Waals surface area contributed by atoms with Crippen LogP contribution in [-0.4, -0.2) is 6.54 Å². The third-order valence-corrected chi connectivity index (χ3v) is 2.78. The van der Waals surface area contributed by atoms with Gasteiger partial charge in [0.05, 0.1) is 6.54 Å². The van der Waals surface area contributed by atoms with Gasteiger partial charge in [-0.15, -0.1) is 0 Å². The van der Waals surface area contributed by atoms with Crippen LogP contribution < -0.4 is 5.32 Å². The van der Waals surface area contributed by atoms with E-state index in [4.69, 9.17) is 4.42 Å². The van der Waals surface area contributed by atoms with Crippen molar-refractivity contribution in [3.63, 3.8) is 0 Å². The Bertz CT molecular complexity index is 459. The molecule has 1 heterocycles. The van der Waals surface area contributed by atoms with Crippen LogP contribution in [0.25, 0.3) is 11.0 Å². The van der Waals surface area contributed by atoms with Gasteiger partial charge in [0.15, 0.2) is 0 Å². The first-order chi connectivity index (χ1) is 7.85. The van der Waals surface area contributed by atoms with Gasteiger partial charge in [0, 0.05) is 5.39 Å². The highest BCUT2D eigenvalue weighted by Gasteiger charge is 2.06. The number of fused-ring (bicyclic) bond motifs is 1. The van der Waals surface area contributed by atoms with Crippen LogP contribution in [0.1, 0.15) is 31.6 Å². The molecule has 86 valence electrons. The van der Waals surface area contributed by atoms with Crippen molar-refractivity contribution in [2.24, 2.45) is 0 Å². The summed E-state index contributed by atoms with van der Waals surface area (Å²) in [5.74, 6) is 1.03. The van der Waals surface area contributed by atoms with Gasteiger partial charge in [0.1, 0.15) is 11.3 Å². The summed E-state index contributed by atoms with van der Waals surface area (Å²) in [6, 6.07) is 8.48. The molecule has 0 spiro atoms. The molecule has 0 aliphatic carbocycles. The zero-order chi connectivity index (χ0) is 11.4. The third-order valence-electron chi connectivity index (χ3n) is 2.78. The Morgan fingerprint density at radius 3 is 2.88 bits per heavy atom. The van der Waals surface area contributed by atoms with Crippen molar-refractivity contribution in [2.45, 2.75) is 33.2 Å². The first-order valence-electron chi connectivity index (χ1n) is 6.06. The Labute approximate surface area is 96.6 Å². The second kappa shape index (κ2) is 5.17. The van der Waals surface area contributed by atoms with Crippen LogP contribution in [0, 0.1) is 0 Å². The second-order valence-corrected chi connectivity index (χ2v) is 4.08. The summed E-state index contributed by atoms with van der Waals surface area (Å²) in [7, 11) is 0. The highest BCUT2D eigenvalue weighted by Crippen LogP contribution is 2.23. The first kappa shape index (κ1) is 11.2. The molecule has 16 heavy (non-hydrogen) atoms. The molecule has 0 aliphatic heterocycles. The van der Waals surface area contributed by atoms with E-state index in [0.29, 0.717) is 0 Å². The summed E-state index contributed by atoms with van der Waals surface area (Å²) in [6.07, 6.45) is 2.17.